The lowest BCUT2D eigenvalue weighted by Gasteiger charge is -2.20. The SMILES string of the molecule is CC(C)(C)c1ccc2c(c1)CC1(CC(=O)NC1=O)C2. The van der Waals surface area contributed by atoms with E-state index in [1.165, 1.54) is 16.7 Å². The van der Waals surface area contributed by atoms with Gasteiger partial charge in [0.2, 0.25) is 11.8 Å². The van der Waals surface area contributed by atoms with E-state index in [1.54, 1.807) is 0 Å². The van der Waals surface area contributed by atoms with Gasteiger partial charge < -0.3 is 0 Å². The fourth-order valence-electron chi connectivity index (χ4n) is 3.20. The van der Waals surface area contributed by atoms with E-state index in [9.17, 15) is 9.59 Å². The summed E-state index contributed by atoms with van der Waals surface area (Å²) < 4.78 is 0. The van der Waals surface area contributed by atoms with Crippen LogP contribution in [-0.2, 0) is 27.8 Å². The zero-order chi connectivity index (χ0) is 13.8. The second-order valence-corrected chi connectivity index (χ2v) is 6.92. The Balaban J connectivity index is 1.97. The number of amides is 2. The quantitative estimate of drug-likeness (QED) is 0.724. The Bertz CT molecular complexity index is 583. The normalized spacial score (nSPS) is 25.8. The molecule has 1 spiro atoms. The van der Waals surface area contributed by atoms with Gasteiger partial charge in [0.15, 0.2) is 0 Å². The Morgan fingerprint density at radius 1 is 1.05 bits per heavy atom. The van der Waals surface area contributed by atoms with E-state index in [-0.39, 0.29) is 17.2 Å². The van der Waals surface area contributed by atoms with Gasteiger partial charge in [-0.3, -0.25) is 14.9 Å². The Morgan fingerprint density at radius 3 is 2.32 bits per heavy atom. The summed E-state index contributed by atoms with van der Waals surface area (Å²) >= 11 is 0. The molecule has 0 radical (unpaired) electrons. The molecule has 1 unspecified atom stereocenters. The lowest BCUT2D eigenvalue weighted by molar-refractivity contribution is -0.128. The van der Waals surface area contributed by atoms with Crippen LogP contribution in [0.25, 0.3) is 0 Å². The van der Waals surface area contributed by atoms with E-state index >= 15 is 0 Å². The van der Waals surface area contributed by atoms with Crippen LogP contribution >= 0.6 is 0 Å². The number of nitrogens with one attached hydrogen (secondary N) is 1. The molecule has 0 aromatic heterocycles. The maximum Gasteiger partial charge on any atom is 0.233 e. The highest BCUT2D eigenvalue weighted by molar-refractivity contribution is 6.06. The molecule has 1 saturated heterocycles. The Hall–Kier alpha value is -1.64. The van der Waals surface area contributed by atoms with Gasteiger partial charge in [0.05, 0.1) is 5.41 Å². The van der Waals surface area contributed by atoms with Crippen molar-refractivity contribution in [2.75, 3.05) is 0 Å². The number of carbonyl (C=O) groups is 2. The fourth-order valence-corrected chi connectivity index (χ4v) is 3.20. The number of hydrogen-bond donors (Lipinski definition) is 1. The summed E-state index contributed by atoms with van der Waals surface area (Å²) in [7, 11) is 0. The van der Waals surface area contributed by atoms with Gasteiger partial charge in [0, 0.05) is 6.42 Å². The van der Waals surface area contributed by atoms with Crippen LogP contribution in [0.1, 0.15) is 43.9 Å². The molecule has 1 aliphatic heterocycles. The third-order valence-electron chi connectivity index (χ3n) is 4.36. The summed E-state index contributed by atoms with van der Waals surface area (Å²) in [5.41, 5.74) is 3.34. The van der Waals surface area contributed by atoms with Crippen molar-refractivity contribution in [3.05, 3.63) is 34.9 Å². The smallest absolute Gasteiger partial charge is 0.233 e. The molecule has 1 N–H and O–H groups in total. The lowest BCUT2D eigenvalue weighted by Crippen LogP contribution is -2.32. The topological polar surface area (TPSA) is 46.2 Å². The molecule has 1 aromatic carbocycles. The van der Waals surface area contributed by atoms with Crippen molar-refractivity contribution in [1.82, 2.24) is 5.32 Å². The van der Waals surface area contributed by atoms with Crippen LogP contribution in [0.15, 0.2) is 18.2 Å². The molecule has 0 saturated carbocycles. The zero-order valence-electron chi connectivity index (χ0n) is 11.7. The molecule has 2 amide bonds. The number of carbonyl (C=O) groups excluding carboxylic acids is 2. The maximum atomic E-state index is 12.0. The third kappa shape index (κ3) is 1.88. The van der Waals surface area contributed by atoms with Crippen molar-refractivity contribution in [2.45, 2.75) is 45.4 Å². The molecule has 1 heterocycles. The van der Waals surface area contributed by atoms with Gasteiger partial charge in [0.25, 0.3) is 0 Å². The lowest BCUT2D eigenvalue weighted by atomic mass is 9.83. The molecule has 3 nitrogen and oxygen atoms in total. The molecule has 3 rings (SSSR count). The number of rotatable bonds is 0. The number of imide groups is 1. The van der Waals surface area contributed by atoms with E-state index in [0.717, 1.165) is 0 Å². The average molecular weight is 257 g/mol. The van der Waals surface area contributed by atoms with Gasteiger partial charge >= 0.3 is 0 Å². The second-order valence-electron chi connectivity index (χ2n) is 6.92. The van der Waals surface area contributed by atoms with Gasteiger partial charge in [-0.2, -0.15) is 0 Å². The molecular weight excluding hydrogens is 238 g/mol. The molecule has 2 aliphatic rings. The standard InChI is InChI=1S/C16H19NO2/c1-15(2,3)12-5-4-10-7-16(8-11(10)6-12)9-13(18)17-14(16)19/h4-6H,7-9H2,1-3H3,(H,17,18,19). The molecule has 1 atom stereocenters. The minimum absolute atomic E-state index is 0.0917. The summed E-state index contributed by atoms with van der Waals surface area (Å²) in [6.45, 7) is 6.56. The monoisotopic (exact) mass is 257 g/mol. The first kappa shape index (κ1) is 12.4. The number of fused-ring (bicyclic) bond motifs is 1. The molecular formula is C16H19NO2. The summed E-state index contributed by atoms with van der Waals surface area (Å²) in [5.74, 6) is -0.222. The third-order valence-corrected chi connectivity index (χ3v) is 4.36. The predicted molar refractivity (Wildman–Crippen MR) is 72.7 cm³/mol. The van der Waals surface area contributed by atoms with Gasteiger partial charge in [-0.1, -0.05) is 39.0 Å². The Morgan fingerprint density at radius 2 is 1.74 bits per heavy atom. The van der Waals surface area contributed by atoms with Crippen molar-refractivity contribution in [2.24, 2.45) is 5.41 Å². The zero-order valence-corrected chi connectivity index (χ0v) is 11.7. The molecule has 100 valence electrons. The van der Waals surface area contributed by atoms with Crippen LogP contribution in [0.4, 0.5) is 0 Å². The van der Waals surface area contributed by atoms with Gasteiger partial charge in [-0.05, 0) is 34.9 Å². The van der Waals surface area contributed by atoms with E-state index in [0.29, 0.717) is 19.3 Å². The van der Waals surface area contributed by atoms with Crippen LogP contribution in [-0.4, -0.2) is 11.8 Å². The van der Waals surface area contributed by atoms with Crippen molar-refractivity contribution in [3.63, 3.8) is 0 Å². The second kappa shape index (κ2) is 3.69. The number of benzene rings is 1. The first-order chi connectivity index (χ1) is 8.80. The highest BCUT2D eigenvalue weighted by Gasteiger charge is 2.50. The van der Waals surface area contributed by atoms with Crippen molar-refractivity contribution in [1.29, 1.82) is 0 Å². The summed E-state index contributed by atoms with van der Waals surface area (Å²) in [4.78, 5) is 23.5. The molecule has 1 aromatic rings. The molecule has 19 heavy (non-hydrogen) atoms. The van der Waals surface area contributed by atoms with Crippen LogP contribution in [0, 0.1) is 5.41 Å². The first-order valence-corrected chi connectivity index (χ1v) is 6.77. The summed E-state index contributed by atoms with van der Waals surface area (Å²) in [6, 6.07) is 6.48. The van der Waals surface area contributed by atoms with Crippen molar-refractivity contribution < 1.29 is 9.59 Å². The fraction of sp³-hybridized carbons (Fsp3) is 0.500. The van der Waals surface area contributed by atoms with Gasteiger partial charge in [-0.25, -0.2) is 0 Å². The minimum Gasteiger partial charge on any atom is -0.296 e. The van der Waals surface area contributed by atoms with Crippen LogP contribution < -0.4 is 5.32 Å². The Labute approximate surface area is 113 Å². The predicted octanol–water partition coefficient (Wildman–Crippen LogP) is 2.12. The van der Waals surface area contributed by atoms with Crippen molar-refractivity contribution >= 4 is 11.8 Å². The molecule has 0 bridgehead atoms. The highest BCUT2D eigenvalue weighted by atomic mass is 16.2. The van der Waals surface area contributed by atoms with Gasteiger partial charge in [-0.15, -0.1) is 0 Å². The number of hydrogen-bond acceptors (Lipinski definition) is 2. The van der Waals surface area contributed by atoms with Crippen LogP contribution in [0.2, 0.25) is 0 Å². The largest absolute Gasteiger partial charge is 0.296 e. The molecule has 1 fully saturated rings. The average Bonchev–Trinajstić information content (AvgIpc) is 2.77. The van der Waals surface area contributed by atoms with E-state index in [2.05, 4.69) is 44.3 Å². The summed E-state index contributed by atoms with van der Waals surface area (Å²) in [6.07, 6.45) is 1.74. The van der Waals surface area contributed by atoms with Crippen molar-refractivity contribution in [3.8, 4) is 0 Å². The van der Waals surface area contributed by atoms with Crippen LogP contribution in [0.5, 0.6) is 0 Å². The first-order valence-electron chi connectivity index (χ1n) is 6.77. The van der Waals surface area contributed by atoms with Crippen LogP contribution in [0.3, 0.4) is 0 Å². The highest BCUT2D eigenvalue weighted by Crippen LogP contribution is 2.43. The van der Waals surface area contributed by atoms with E-state index < -0.39 is 5.41 Å². The van der Waals surface area contributed by atoms with E-state index in [1.807, 2.05) is 0 Å². The van der Waals surface area contributed by atoms with Gasteiger partial charge in [0.1, 0.15) is 0 Å². The summed E-state index contributed by atoms with van der Waals surface area (Å²) in [5, 5.41) is 2.45. The maximum absolute atomic E-state index is 12.0. The molecule has 1 aliphatic carbocycles. The Kier molecular flexibility index (Phi) is 2.40. The van der Waals surface area contributed by atoms with E-state index in [4.69, 9.17) is 0 Å². The molecule has 3 heteroatoms. The minimum atomic E-state index is -0.504.